The molecule has 0 aliphatic rings. The fourth-order valence-electron chi connectivity index (χ4n) is 0.0781. The Morgan fingerprint density at radius 3 is 1.69 bits per heavy atom. The summed E-state index contributed by atoms with van der Waals surface area (Å²) in [6, 6.07) is 0. The molecule has 0 aromatic carbocycles. The van der Waals surface area contributed by atoms with Crippen LogP contribution in [0.4, 0.5) is 0 Å². The summed E-state index contributed by atoms with van der Waals surface area (Å²) >= 11 is 0. The van der Waals surface area contributed by atoms with Crippen LogP contribution in [0.2, 0.25) is 0 Å². The Labute approximate surface area is 95.4 Å². The summed E-state index contributed by atoms with van der Waals surface area (Å²) in [4.78, 5) is 32.4. The van der Waals surface area contributed by atoms with Crippen molar-refractivity contribution in [1.29, 1.82) is 0 Å². The third-order valence-electron chi connectivity index (χ3n) is 0.458. The molecule has 1 atom stereocenters. The van der Waals surface area contributed by atoms with Crippen molar-refractivity contribution in [3.63, 3.8) is 0 Å². The van der Waals surface area contributed by atoms with Gasteiger partial charge in [-0.2, -0.15) is 0 Å². The van der Waals surface area contributed by atoms with Gasteiger partial charge in [-0.1, -0.05) is 0 Å². The Kier molecular flexibility index (Phi) is 13.3. The molecule has 0 aromatic heterocycles. The number of carboxylic acid groups (broad SMARTS) is 1. The average molecular weight is 226 g/mol. The van der Waals surface area contributed by atoms with Gasteiger partial charge in [-0.05, 0) is 0 Å². The second-order valence-corrected chi connectivity index (χ2v) is 2.51. The van der Waals surface area contributed by atoms with Crippen molar-refractivity contribution < 1.29 is 68.9 Å². The topological polar surface area (TPSA) is 158 Å². The van der Waals surface area contributed by atoms with Crippen LogP contribution in [0.3, 0.4) is 0 Å². The van der Waals surface area contributed by atoms with Crippen molar-refractivity contribution >= 4 is 13.8 Å². The van der Waals surface area contributed by atoms with Crippen LogP contribution < -0.4 is 34.5 Å². The molecule has 1 unspecified atom stereocenters. The molecule has 0 spiro atoms. The molecule has 5 N–H and O–H groups in total. The van der Waals surface area contributed by atoms with Gasteiger partial charge in [0, 0.05) is 0 Å². The predicted molar refractivity (Wildman–Crippen MR) is 32.8 cm³/mol. The molecule has 0 amide bonds. The first-order valence-corrected chi connectivity index (χ1v) is 3.99. The SMILES string of the molecule is O=C(O)C(O)CO.O=P([O-])(O)O.[Na+]. The van der Waals surface area contributed by atoms with E-state index in [9.17, 15) is 4.79 Å². The quantitative estimate of drug-likeness (QED) is 0.230. The Morgan fingerprint density at radius 1 is 1.46 bits per heavy atom. The van der Waals surface area contributed by atoms with Crippen molar-refractivity contribution in [2.24, 2.45) is 0 Å². The van der Waals surface area contributed by atoms with E-state index in [1.807, 2.05) is 0 Å². The first-order valence-electron chi connectivity index (χ1n) is 2.46. The number of aliphatic carboxylic acids is 1. The first kappa shape index (κ1) is 19.1. The van der Waals surface area contributed by atoms with E-state index in [-0.39, 0.29) is 29.6 Å². The number of carboxylic acids is 1. The van der Waals surface area contributed by atoms with E-state index in [1.54, 1.807) is 0 Å². The number of rotatable bonds is 2. The van der Waals surface area contributed by atoms with E-state index < -0.39 is 26.5 Å². The number of hydrogen-bond donors (Lipinski definition) is 5. The minimum atomic E-state index is -4.89. The van der Waals surface area contributed by atoms with E-state index in [4.69, 9.17) is 34.6 Å². The molecule has 0 bridgehead atoms. The van der Waals surface area contributed by atoms with Crippen molar-refractivity contribution in [3.05, 3.63) is 0 Å². The van der Waals surface area contributed by atoms with Gasteiger partial charge in [0.1, 0.15) is 0 Å². The fraction of sp³-hybridized carbons (Fsp3) is 0.667. The van der Waals surface area contributed by atoms with Crippen LogP contribution in [0, 0.1) is 0 Å². The van der Waals surface area contributed by atoms with Crippen LogP contribution in [0.5, 0.6) is 0 Å². The molecule has 10 heteroatoms. The van der Waals surface area contributed by atoms with Gasteiger partial charge in [0.15, 0.2) is 6.10 Å². The van der Waals surface area contributed by atoms with Gasteiger partial charge in [-0.15, -0.1) is 0 Å². The molecule has 0 aromatic rings. The minimum Gasteiger partial charge on any atom is -0.756 e. The largest absolute Gasteiger partial charge is 1.00 e. The van der Waals surface area contributed by atoms with Crippen LogP contribution in [-0.4, -0.2) is 43.8 Å². The van der Waals surface area contributed by atoms with Crippen LogP contribution in [0.1, 0.15) is 0 Å². The maximum absolute atomic E-state index is 9.52. The van der Waals surface area contributed by atoms with Gasteiger partial charge in [0.2, 0.25) is 0 Å². The zero-order chi connectivity index (χ0) is 10.4. The van der Waals surface area contributed by atoms with Gasteiger partial charge in [-0.3, -0.25) is 4.57 Å². The normalized spacial score (nSPS) is 11.8. The maximum atomic E-state index is 9.52. The van der Waals surface area contributed by atoms with Crippen LogP contribution in [0.25, 0.3) is 0 Å². The molecule has 0 rings (SSSR count). The van der Waals surface area contributed by atoms with Crippen molar-refractivity contribution in [3.8, 4) is 0 Å². The molecule has 0 aliphatic carbocycles. The molecule has 74 valence electrons. The Bertz CT molecular complexity index is 168. The molecule has 8 nitrogen and oxygen atoms in total. The van der Waals surface area contributed by atoms with Crippen LogP contribution in [-0.2, 0) is 9.36 Å². The zero-order valence-electron chi connectivity index (χ0n) is 6.69. The number of aliphatic hydroxyl groups excluding tert-OH is 2. The monoisotopic (exact) mass is 226 g/mol. The first-order chi connectivity index (χ1) is 5.18. The predicted octanol–water partition coefficient (Wildman–Crippen LogP) is -6.13. The van der Waals surface area contributed by atoms with E-state index in [0.717, 1.165) is 0 Å². The van der Waals surface area contributed by atoms with Gasteiger partial charge in [0.25, 0.3) is 7.82 Å². The summed E-state index contributed by atoms with van der Waals surface area (Å²) in [6.07, 6.45) is -1.63. The van der Waals surface area contributed by atoms with Crippen molar-refractivity contribution in [1.82, 2.24) is 0 Å². The summed E-state index contributed by atoms with van der Waals surface area (Å²) < 4.78 is 8.77. The molecule has 0 heterocycles. The number of aliphatic hydroxyl groups is 2. The second kappa shape index (κ2) is 9.07. The van der Waals surface area contributed by atoms with Gasteiger partial charge in [0.05, 0.1) is 6.61 Å². The fourth-order valence-corrected chi connectivity index (χ4v) is 0.0781. The van der Waals surface area contributed by atoms with E-state index in [0.29, 0.717) is 0 Å². The molecule has 0 saturated carbocycles. The average Bonchev–Trinajstić information content (AvgIpc) is 1.82. The van der Waals surface area contributed by atoms with E-state index in [2.05, 4.69) is 0 Å². The van der Waals surface area contributed by atoms with E-state index >= 15 is 0 Å². The van der Waals surface area contributed by atoms with Crippen LogP contribution >= 0.6 is 7.82 Å². The second-order valence-electron chi connectivity index (χ2n) is 1.53. The number of carbonyl (C=O) groups is 1. The van der Waals surface area contributed by atoms with Gasteiger partial charge < -0.3 is 30.0 Å². The summed E-state index contributed by atoms with van der Waals surface area (Å²) in [5.74, 6) is -1.40. The van der Waals surface area contributed by atoms with Gasteiger partial charge in [-0.25, -0.2) is 4.79 Å². The molecular formula is C3H8NaO8P. The molecular weight excluding hydrogens is 218 g/mol. The molecule has 0 fully saturated rings. The Morgan fingerprint density at radius 2 is 1.69 bits per heavy atom. The minimum absolute atomic E-state index is 0. The number of hydrogen-bond acceptors (Lipinski definition) is 5. The van der Waals surface area contributed by atoms with Crippen LogP contribution in [0.15, 0.2) is 0 Å². The summed E-state index contributed by atoms with van der Waals surface area (Å²) in [5.41, 5.74) is 0. The molecule has 13 heavy (non-hydrogen) atoms. The summed E-state index contributed by atoms with van der Waals surface area (Å²) in [5, 5.41) is 23.7. The van der Waals surface area contributed by atoms with Crippen molar-refractivity contribution in [2.45, 2.75) is 6.10 Å². The Hall–Kier alpha value is 0.500. The standard InChI is InChI=1S/C3H6O4.Na.H3O4P/c4-1-2(5)3(6)7;;1-5(2,3)4/h2,4-5H,1H2,(H,6,7);;(H3,1,2,3,4)/q;+1;/p-1. The zero-order valence-corrected chi connectivity index (χ0v) is 9.59. The Balaban J connectivity index is -0.000000150. The molecule has 0 saturated heterocycles. The maximum Gasteiger partial charge on any atom is 1.00 e. The molecule has 0 aliphatic heterocycles. The summed E-state index contributed by atoms with van der Waals surface area (Å²) in [7, 11) is -4.89. The van der Waals surface area contributed by atoms with Crippen molar-refractivity contribution in [2.75, 3.05) is 6.61 Å². The third kappa shape index (κ3) is 32.6. The molecule has 0 radical (unpaired) electrons. The van der Waals surface area contributed by atoms with E-state index in [1.165, 1.54) is 0 Å². The third-order valence-corrected chi connectivity index (χ3v) is 0.458. The summed E-state index contributed by atoms with van der Waals surface area (Å²) in [6.45, 7) is -0.727. The number of phosphoric acid groups is 1. The smallest absolute Gasteiger partial charge is 0.756 e. The van der Waals surface area contributed by atoms with Gasteiger partial charge >= 0.3 is 35.5 Å².